The Labute approximate surface area is 91.0 Å². The quantitative estimate of drug-likeness (QED) is 0.718. The van der Waals surface area contributed by atoms with E-state index in [4.69, 9.17) is 15.9 Å². The SMILES string of the molecule is N=CC(=C(N)C(F)(F)F)C1CC2CCC1O2. The molecule has 0 amide bonds. The lowest BCUT2D eigenvalue weighted by atomic mass is 9.83. The van der Waals surface area contributed by atoms with Gasteiger partial charge in [0.25, 0.3) is 0 Å². The van der Waals surface area contributed by atoms with Crippen LogP contribution in [-0.4, -0.2) is 24.6 Å². The monoisotopic (exact) mass is 234 g/mol. The largest absolute Gasteiger partial charge is 0.431 e. The first-order valence-corrected chi connectivity index (χ1v) is 5.16. The van der Waals surface area contributed by atoms with Crippen LogP contribution in [0.15, 0.2) is 11.3 Å². The van der Waals surface area contributed by atoms with Crippen LogP contribution in [0.4, 0.5) is 13.2 Å². The highest BCUT2D eigenvalue weighted by Gasteiger charge is 2.45. The highest BCUT2D eigenvalue weighted by atomic mass is 19.4. The van der Waals surface area contributed by atoms with Crippen molar-refractivity contribution in [3.8, 4) is 0 Å². The molecule has 2 fully saturated rings. The summed E-state index contributed by atoms with van der Waals surface area (Å²) in [5, 5.41) is 7.10. The van der Waals surface area contributed by atoms with Crippen molar-refractivity contribution in [2.75, 3.05) is 0 Å². The van der Waals surface area contributed by atoms with Gasteiger partial charge in [0.15, 0.2) is 0 Å². The van der Waals surface area contributed by atoms with E-state index in [1.807, 2.05) is 0 Å². The normalized spacial score (nSPS) is 35.1. The predicted molar refractivity (Wildman–Crippen MR) is 52.1 cm³/mol. The third kappa shape index (κ3) is 1.81. The van der Waals surface area contributed by atoms with Crippen molar-refractivity contribution in [1.29, 1.82) is 5.41 Å². The zero-order valence-corrected chi connectivity index (χ0v) is 8.55. The van der Waals surface area contributed by atoms with Gasteiger partial charge in [0.05, 0.1) is 12.2 Å². The first-order chi connectivity index (χ1) is 7.43. The molecule has 2 aliphatic heterocycles. The number of nitrogens with one attached hydrogen (secondary N) is 1. The van der Waals surface area contributed by atoms with E-state index in [0.717, 1.165) is 19.1 Å². The molecule has 16 heavy (non-hydrogen) atoms. The van der Waals surface area contributed by atoms with Crippen LogP contribution in [0.25, 0.3) is 0 Å². The smallest absolute Gasteiger partial charge is 0.394 e. The third-order valence-corrected chi connectivity index (χ3v) is 3.28. The Morgan fingerprint density at radius 1 is 1.38 bits per heavy atom. The molecule has 6 heteroatoms. The molecule has 2 saturated heterocycles. The first-order valence-electron chi connectivity index (χ1n) is 5.16. The summed E-state index contributed by atoms with van der Waals surface area (Å²) < 4.78 is 42.8. The van der Waals surface area contributed by atoms with Crippen LogP contribution < -0.4 is 5.73 Å². The molecule has 0 aliphatic carbocycles. The molecule has 2 bridgehead atoms. The Morgan fingerprint density at radius 3 is 2.44 bits per heavy atom. The number of ether oxygens (including phenoxy) is 1. The van der Waals surface area contributed by atoms with E-state index in [0.29, 0.717) is 6.42 Å². The predicted octanol–water partition coefficient (Wildman–Crippen LogP) is 1.98. The minimum atomic E-state index is -4.56. The van der Waals surface area contributed by atoms with Crippen LogP contribution in [0, 0.1) is 11.3 Å². The molecular weight excluding hydrogens is 221 g/mol. The average Bonchev–Trinajstić information content (AvgIpc) is 2.78. The zero-order valence-electron chi connectivity index (χ0n) is 8.55. The molecule has 0 aromatic heterocycles. The fourth-order valence-corrected chi connectivity index (χ4v) is 2.51. The minimum Gasteiger partial charge on any atom is -0.394 e. The maximum absolute atomic E-state index is 12.5. The maximum atomic E-state index is 12.5. The second-order valence-corrected chi connectivity index (χ2v) is 4.23. The number of alkyl halides is 3. The van der Waals surface area contributed by atoms with Gasteiger partial charge >= 0.3 is 6.18 Å². The Bertz CT molecular complexity index is 337. The maximum Gasteiger partial charge on any atom is 0.431 e. The van der Waals surface area contributed by atoms with Crippen LogP contribution in [-0.2, 0) is 4.74 Å². The molecule has 3 nitrogen and oxygen atoms in total. The van der Waals surface area contributed by atoms with Crippen molar-refractivity contribution in [2.24, 2.45) is 11.7 Å². The van der Waals surface area contributed by atoms with E-state index in [1.54, 1.807) is 0 Å². The van der Waals surface area contributed by atoms with E-state index in [-0.39, 0.29) is 23.7 Å². The topological polar surface area (TPSA) is 59.1 Å². The van der Waals surface area contributed by atoms with Gasteiger partial charge < -0.3 is 15.9 Å². The Morgan fingerprint density at radius 2 is 2.06 bits per heavy atom. The van der Waals surface area contributed by atoms with Crippen LogP contribution in [0.2, 0.25) is 0 Å². The standard InChI is InChI=1S/C10H13F3N2O/c11-10(12,13)9(15)7(4-14)6-3-5-1-2-8(6)16-5/h4-6,8,14H,1-3,15H2. The highest BCUT2D eigenvalue weighted by molar-refractivity contribution is 5.78. The van der Waals surface area contributed by atoms with E-state index < -0.39 is 11.9 Å². The van der Waals surface area contributed by atoms with E-state index in [2.05, 4.69) is 0 Å². The average molecular weight is 234 g/mol. The number of hydrogen-bond donors (Lipinski definition) is 2. The van der Waals surface area contributed by atoms with Gasteiger partial charge in [-0.25, -0.2) is 0 Å². The lowest BCUT2D eigenvalue weighted by Crippen LogP contribution is -2.28. The number of halogens is 3. The Balaban J connectivity index is 2.27. The molecule has 3 atom stereocenters. The molecule has 2 rings (SSSR count). The van der Waals surface area contributed by atoms with Gasteiger partial charge in [-0.2, -0.15) is 13.2 Å². The molecular formula is C10H13F3N2O. The van der Waals surface area contributed by atoms with Gasteiger partial charge in [0.1, 0.15) is 5.70 Å². The summed E-state index contributed by atoms with van der Waals surface area (Å²) in [4.78, 5) is 0. The molecule has 0 spiro atoms. The summed E-state index contributed by atoms with van der Waals surface area (Å²) >= 11 is 0. The number of fused-ring (bicyclic) bond motifs is 2. The fraction of sp³-hybridized carbons (Fsp3) is 0.700. The van der Waals surface area contributed by atoms with Gasteiger partial charge in [-0.1, -0.05) is 0 Å². The van der Waals surface area contributed by atoms with E-state index in [9.17, 15) is 13.2 Å². The lowest BCUT2D eigenvalue weighted by molar-refractivity contribution is -0.0937. The van der Waals surface area contributed by atoms with E-state index >= 15 is 0 Å². The molecule has 0 aromatic carbocycles. The van der Waals surface area contributed by atoms with Crippen molar-refractivity contribution in [1.82, 2.24) is 0 Å². The van der Waals surface area contributed by atoms with Crippen LogP contribution in [0.3, 0.4) is 0 Å². The number of allylic oxidation sites excluding steroid dienone is 1. The summed E-state index contributed by atoms with van der Waals surface area (Å²) in [6, 6.07) is 0. The van der Waals surface area contributed by atoms with Gasteiger partial charge in [-0.15, -0.1) is 0 Å². The van der Waals surface area contributed by atoms with Crippen LogP contribution in [0.5, 0.6) is 0 Å². The van der Waals surface area contributed by atoms with Crippen LogP contribution in [0.1, 0.15) is 19.3 Å². The molecule has 2 aliphatic rings. The summed E-state index contributed by atoms with van der Waals surface area (Å²) in [6.07, 6.45) is -1.78. The summed E-state index contributed by atoms with van der Waals surface area (Å²) in [5.41, 5.74) is 3.79. The molecule has 2 heterocycles. The molecule has 0 saturated carbocycles. The highest BCUT2D eigenvalue weighted by Crippen LogP contribution is 2.43. The molecule has 3 unspecified atom stereocenters. The lowest BCUT2D eigenvalue weighted by Gasteiger charge is -2.21. The van der Waals surface area contributed by atoms with Crippen molar-refractivity contribution in [3.05, 3.63) is 11.3 Å². The second-order valence-electron chi connectivity index (χ2n) is 4.23. The second kappa shape index (κ2) is 3.76. The van der Waals surface area contributed by atoms with Crippen molar-refractivity contribution < 1.29 is 17.9 Å². The minimum absolute atomic E-state index is 0.0472. The van der Waals surface area contributed by atoms with Gasteiger partial charge in [-0.05, 0) is 19.3 Å². The van der Waals surface area contributed by atoms with E-state index in [1.165, 1.54) is 0 Å². The fourth-order valence-electron chi connectivity index (χ4n) is 2.51. The van der Waals surface area contributed by atoms with Gasteiger partial charge in [0, 0.05) is 17.7 Å². The molecule has 0 aromatic rings. The first kappa shape index (κ1) is 11.4. The zero-order chi connectivity index (χ0) is 11.9. The van der Waals surface area contributed by atoms with Crippen molar-refractivity contribution in [2.45, 2.75) is 37.6 Å². The molecule has 3 N–H and O–H groups in total. The number of hydrogen-bond acceptors (Lipinski definition) is 3. The summed E-state index contributed by atoms with van der Waals surface area (Å²) in [7, 11) is 0. The Hall–Kier alpha value is -1.04. The summed E-state index contributed by atoms with van der Waals surface area (Å²) in [6.45, 7) is 0. The number of nitrogens with two attached hydrogens (primary N) is 1. The van der Waals surface area contributed by atoms with Crippen molar-refractivity contribution in [3.63, 3.8) is 0 Å². The Kier molecular flexibility index (Phi) is 2.69. The molecule has 0 radical (unpaired) electrons. The third-order valence-electron chi connectivity index (χ3n) is 3.28. The van der Waals surface area contributed by atoms with Crippen LogP contribution >= 0.6 is 0 Å². The summed E-state index contributed by atoms with van der Waals surface area (Å²) in [5.74, 6) is -0.363. The van der Waals surface area contributed by atoms with Crippen molar-refractivity contribution >= 4 is 6.21 Å². The van der Waals surface area contributed by atoms with Gasteiger partial charge in [0.2, 0.25) is 0 Å². The van der Waals surface area contributed by atoms with Gasteiger partial charge in [-0.3, -0.25) is 0 Å². The number of rotatable bonds is 2. The molecule has 90 valence electrons.